The number of rotatable bonds is 2. The van der Waals surface area contributed by atoms with E-state index in [1.807, 2.05) is 0 Å². The van der Waals surface area contributed by atoms with E-state index in [1.54, 1.807) is 0 Å². The molecule has 2 rings (SSSR count). The van der Waals surface area contributed by atoms with E-state index in [4.69, 9.17) is 11.6 Å². The molecule has 2 aromatic rings. The number of halogens is 5. The molecule has 0 saturated heterocycles. The Morgan fingerprint density at radius 1 is 1.00 bits per heavy atom. The van der Waals surface area contributed by atoms with Crippen molar-refractivity contribution in [2.45, 2.75) is 0 Å². The lowest BCUT2D eigenvalue weighted by molar-refractivity contribution is 0.103. The first-order valence-electron chi connectivity index (χ1n) is 5.05. The van der Waals surface area contributed by atoms with Gasteiger partial charge in [0.25, 0.3) is 0 Å². The summed E-state index contributed by atoms with van der Waals surface area (Å²) in [5, 5.41) is -0.236. The summed E-state index contributed by atoms with van der Waals surface area (Å²) in [7, 11) is 0. The fourth-order valence-corrected chi connectivity index (χ4v) is 2.20. The van der Waals surface area contributed by atoms with Gasteiger partial charge in [0.1, 0.15) is 5.82 Å². The fourth-order valence-electron chi connectivity index (χ4n) is 1.52. The van der Waals surface area contributed by atoms with E-state index in [1.165, 1.54) is 12.1 Å². The maximum Gasteiger partial charge on any atom is 0.195 e. The summed E-state index contributed by atoms with van der Waals surface area (Å²) < 4.78 is 39.4. The number of hydrogen-bond acceptors (Lipinski definition) is 1. The quantitative estimate of drug-likeness (QED) is 0.565. The normalized spacial score (nSPS) is 10.6. The van der Waals surface area contributed by atoms with Gasteiger partial charge >= 0.3 is 0 Å². The Morgan fingerprint density at radius 2 is 1.63 bits per heavy atom. The molecule has 0 amide bonds. The highest BCUT2D eigenvalue weighted by molar-refractivity contribution is 9.10. The first-order valence-corrected chi connectivity index (χ1v) is 6.22. The third kappa shape index (κ3) is 2.67. The summed E-state index contributed by atoms with van der Waals surface area (Å²) >= 11 is 8.63. The van der Waals surface area contributed by atoms with Crippen LogP contribution in [0.2, 0.25) is 5.02 Å². The zero-order valence-electron chi connectivity index (χ0n) is 9.18. The van der Waals surface area contributed by atoms with Crippen LogP contribution < -0.4 is 0 Å². The predicted octanol–water partition coefficient (Wildman–Crippen LogP) is 4.75. The van der Waals surface area contributed by atoms with E-state index < -0.39 is 23.2 Å². The molecule has 0 bridgehead atoms. The van der Waals surface area contributed by atoms with Crippen LogP contribution in [-0.4, -0.2) is 5.78 Å². The smallest absolute Gasteiger partial charge is 0.195 e. The van der Waals surface area contributed by atoms with Gasteiger partial charge in [0, 0.05) is 11.1 Å². The molecule has 19 heavy (non-hydrogen) atoms. The van der Waals surface area contributed by atoms with Crippen molar-refractivity contribution in [2.75, 3.05) is 0 Å². The van der Waals surface area contributed by atoms with Gasteiger partial charge < -0.3 is 0 Å². The lowest BCUT2D eigenvalue weighted by Gasteiger charge is -2.07. The lowest BCUT2D eigenvalue weighted by Crippen LogP contribution is -2.05. The van der Waals surface area contributed by atoms with E-state index >= 15 is 0 Å². The van der Waals surface area contributed by atoms with Crippen molar-refractivity contribution >= 4 is 33.3 Å². The molecule has 0 fully saturated rings. The Hall–Kier alpha value is -1.33. The molecule has 1 nitrogen and oxygen atoms in total. The zero-order chi connectivity index (χ0) is 14.2. The second-order valence-corrected chi connectivity index (χ2v) is 4.88. The molecule has 2 aromatic carbocycles. The maximum atomic E-state index is 13.3. The van der Waals surface area contributed by atoms with Crippen molar-refractivity contribution in [1.29, 1.82) is 0 Å². The largest absolute Gasteiger partial charge is 0.289 e. The third-order valence-corrected chi connectivity index (χ3v) is 3.57. The molecule has 0 atom stereocenters. The van der Waals surface area contributed by atoms with Crippen molar-refractivity contribution < 1.29 is 18.0 Å². The van der Waals surface area contributed by atoms with Crippen molar-refractivity contribution in [3.63, 3.8) is 0 Å². The number of carbonyl (C=O) groups excluding carboxylic acids is 1. The van der Waals surface area contributed by atoms with Crippen LogP contribution in [0.1, 0.15) is 15.9 Å². The highest BCUT2D eigenvalue weighted by atomic mass is 79.9. The number of benzene rings is 2. The molecule has 0 heterocycles. The Morgan fingerprint density at radius 3 is 2.32 bits per heavy atom. The molecule has 6 heteroatoms. The van der Waals surface area contributed by atoms with Gasteiger partial charge in [-0.15, -0.1) is 0 Å². The highest BCUT2D eigenvalue weighted by Crippen LogP contribution is 2.27. The minimum atomic E-state index is -1.19. The monoisotopic (exact) mass is 348 g/mol. The SMILES string of the molecule is O=C(c1cc(F)c(F)cc1Cl)c1cccc(F)c1Br. The Bertz CT molecular complexity index is 673. The Kier molecular flexibility index (Phi) is 3.96. The molecule has 0 aliphatic carbocycles. The van der Waals surface area contributed by atoms with E-state index in [0.29, 0.717) is 12.1 Å². The highest BCUT2D eigenvalue weighted by Gasteiger charge is 2.19. The first-order chi connectivity index (χ1) is 8.91. The van der Waals surface area contributed by atoms with Gasteiger partial charge in [-0.25, -0.2) is 13.2 Å². The van der Waals surface area contributed by atoms with Crippen molar-refractivity contribution in [3.8, 4) is 0 Å². The molecule has 0 spiro atoms. The van der Waals surface area contributed by atoms with E-state index in [0.717, 1.165) is 6.07 Å². The van der Waals surface area contributed by atoms with Crippen molar-refractivity contribution in [1.82, 2.24) is 0 Å². The molecule has 0 aliphatic heterocycles. The third-order valence-electron chi connectivity index (χ3n) is 2.45. The topological polar surface area (TPSA) is 17.1 Å². The van der Waals surface area contributed by atoms with E-state index in [2.05, 4.69) is 15.9 Å². The van der Waals surface area contributed by atoms with Crippen LogP contribution in [0.15, 0.2) is 34.8 Å². The molecule has 0 aliphatic rings. The average molecular weight is 350 g/mol. The molecular formula is C13H5BrClF3O. The summed E-state index contributed by atoms with van der Waals surface area (Å²) in [5.74, 6) is -3.68. The summed E-state index contributed by atoms with van der Waals surface area (Å²) in [4.78, 5) is 12.1. The Balaban J connectivity index is 2.56. The molecule has 98 valence electrons. The summed E-state index contributed by atoms with van der Waals surface area (Å²) in [6.45, 7) is 0. The number of carbonyl (C=O) groups is 1. The lowest BCUT2D eigenvalue weighted by atomic mass is 10.0. The van der Waals surface area contributed by atoms with Crippen LogP contribution in [0.4, 0.5) is 13.2 Å². The van der Waals surface area contributed by atoms with Gasteiger partial charge in [-0.3, -0.25) is 4.79 Å². The molecule has 0 aromatic heterocycles. The van der Waals surface area contributed by atoms with Gasteiger partial charge in [0.2, 0.25) is 0 Å². The molecule has 0 N–H and O–H groups in total. The summed E-state index contributed by atoms with van der Waals surface area (Å²) in [6.07, 6.45) is 0. The van der Waals surface area contributed by atoms with Crippen molar-refractivity contribution in [3.05, 3.63) is 68.4 Å². The first kappa shape index (κ1) is 14.1. The van der Waals surface area contributed by atoms with Crippen LogP contribution in [0.25, 0.3) is 0 Å². The summed E-state index contributed by atoms with van der Waals surface area (Å²) in [5.41, 5.74) is -0.250. The van der Waals surface area contributed by atoms with Crippen LogP contribution in [0, 0.1) is 17.5 Å². The van der Waals surface area contributed by atoms with Crippen LogP contribution in [-0.2, 0) is 0 Å². The van der Waals surface area contributed by atoms with Crippen LogP contribution >= 0.6 is 27.5 Å². The molecular weight excluding hydrogens is 344 g/mol. The number of hydrogen-bond donors (Lipinski definition) is 0. The maximum absolute atomic E-state index is 13.3. The second-order valence-electron chi connectivity index (χ2n) is 3.68. The van der Waals surface area contributed by atoms with Gasteiger partial charge in [-0.05, 0) is 40.2 Å². The van der Waals surface area contributed by atoms with Crippen LogP contribution in [0.3, 0.4) is 0 Å². The molecule has 0 saturated carbocycles. The molecule has 0 unspecified atom stereocenters. The standard InChI is InChI=1S/C13H5BrClF3O/c14-12-6(2-1-3-9(12)16)13(19)7-4-10(17)11(18)5-8(7)15/h1-5H. The fraction of sp³-hybridized carbons (Fsp3) is 0. The average Bonchev–Trinajstić information content (AvgIpc) is 2.36. The molecule has 0 radical (unpaired) electrons. The van der Waals surface area contributed by atoms with Crippen molar-refractivity contribution in [2.24, 2.45) is 0 Å². The summed E-state index contributed by atoms with van der Waals surface area (Å²) in [6, 6.07) is 5.25. The predicted molar refractivity (Wildman–Crippen MR) is 68.9 cm³/mol. The van der Waals surface area contributed by atoms with Gasteiger partial charge in [0.15, 0.2) is 17.4 Å². The van der Waals surface area contributed by atoms with Gasteiger partial charge in [0.05, 0.1) is 9.50 Å². The second kappa shape index (κ2) is 5.35. The van der Waals surface area contributed by atoms with Gasteiger partial charge in [-0.2, -0.15) is 0 Å². The minimum absolute atomic E-state index is 0.0205. The van der Waals surface area contributed by atoms with Crippen LogP contribution in [0.5, 0.6) is 0 Å². The minimum Gasteiger partial charge on any atom is -0.289 e. The van der Waals surface area contributed by atoms with E-state index in [-0.39, 0.29) is 20.6 Å². The Labute approximate surface area is 120 Å². The number of ketones is 1. The van der Waals surface area contributed by atoms with Gasteiger partial charge in [-0.1, -0.05) is 17.7 Å². The van der Waals surface area contributed by atoms with E-state index in [9.17, 15) is 18.0 Å². The zero-order valence-corrected chi connectivity index (χ0v) is 11.5.